The Labute approximate surface area is 180 Å². The van der Waals surface area contributed by atoms with E-state index in [1.165, 1.54) is 21.1 Å². The van der Waals surface area contributed by atoms with E-state index < -0.39 is 0 Å². The summed E-state index contributed by atoms with van der Waals surface area (Å²) in [7, 11) is 0. The fourth-order valence-electron chi connectivity index (χ4n) is 4.17. The molecule has 2 heterocycles. The predicted molar refractivity (Wildman–Crippen MR) is 117 cm³/mol. The minimum absolute atomic E-state index is 0.0881. The molecule has 7 heteroatoms. The zero-order valence-electron chi connectivity index (χ0n) is 17.4. The van der Waals surface area contributed by atoms with E-state index in [-0.39, 0.29) is 30.4 Å². The Balaban J connectivity index is 1.53. The summed E-state index contributed by atoms with van der Waals surface area (Å²) in [5.41, 5.74) is 2.44. The summed E-state index contributed by atoms with van der Waals surface area (Å²) in [5, 5.41) is 13.2. The van der Waals surface area contributed by atoms with E-state index in [4.69, 9.17) is 4.74 Å². The number of amides is 2. The molecular weight excluding hydrogens is 398 g/mol. The van der Waals surface area contributed by atoms with Crippen molar-refractivity contribution in [3.8, 4) is 11.8 Å². The summed E-state index contributed by atoms with van der Waals surface area (Å²) in [6, 6.07) is 9.45. The molecule has 1 aromatic heterocycles. The number of nitrogens with zero attached hydrogens (tertiary/aromatic N) is 2. The normalized spacial score (nSPS) is 18.1. The summed E-state index contributed by atoms with van der Waals surface area (Å²) >= 11 is 1.50. The Morgan fingerprint density at radius 1 is 1.37 bits per heavy atom. The first-order valence-electron chi connectivity index (χ1n) is 10.1. The average Bonchev–Trinajstić information content (AvgIpc) is 3.05. The van der Waals surface area contributed by atoms with Crippen LogP contribution in [-0.2, 0) is 22.4 Å². The fraction of sp³-hybridized carbons (Fsp3) is 0.435. The number of hydrogen-bond donors (Lipinski definition) is 1. The number of carbonyl (C=O) groups is 2. The monoisotopic (exact) mass is 423 g/mol. The van der Waals surface area contributed by atoms with Crippen molar-refractivity contribution in [2.45, 2.75) is 40.0 Å². The van der Waals surface area contributed by atoms with Crippen molar-refractivity contribution >= 4 is 33.8 Å². The SMILES string of the molecule is CC(C)(C)C1CCc2c(sc(NC(=O)CN3C(=O)COc4ccccc43)c2C#N)C1. The van der Waals surface area contributed by atoms with Crippen molar-refractivity contribution in [1.82, 2.24) is 0 Å². The lowest BCUT2D eigenvalue weighted by atomic mass is 9.72. The molecule has 2 aromatic rings. The van der Waals surface area contributed by atoms with Gasteiger partial charge in [-0.25, -0.2) is 0 Å². The number of anilines is 2. The minimum atomic E-state index is -0.317. The fourth-order valence-corrected chi connectivity index (χ4v) is 5.46. The highest BCUT2D eigenvalue weighted by molar-refractivity contribution is 7.16. The molecule has 0 spiro atoms. The highest BCUT2D eigenvalue weighted by atomic mass is 32.1. The van der Waals surface area contributed by atoms with Crippen LogP contribution < -0.4 is 15.0 Å². The Hall–Kier alpha value is -2.85. The Bertz CT molecular complexity index is 1040. The number of hydrogen-bond acceptors (Lipinski definition) is 5. The molecule has 1 unspecified atom stereocenters. The van der Waals surface area contributed by atoms with Gasteiger partial charge in [0.15, 0.2) is 6.61 Å². The number of fused-ring (bicyclic) bond motifs is 2. The topological polar surface area (TPSA) is 82.4 Å². The second-order valence-electron chi connectivity index (χ2n) is 8.91. The quantitative estimate of drug-likeness (QED) is 0.805. The van der Waals surface area contributed by atoms with Crippen LogP contribution in [0, 0.1) is 22.7 Å². The number of rotatable bonds is 3. The second-order valence-corrected chi connectivity index (χ2v) is 10.0. The molecule has 2 aliphatic rings. The standard InChI is InChI=1S/C23H25N3O3S/c1-23(2,3)14-8-9-15-16(11-24)22(30-19(15)10-14)25-20(27)12-26-17-6-4-5-7-18(17)29-13-21(26)28/h4-7,14H,8-10,12-13H2,1-3H3,(H,25,27). The molecule has 1 aliphatic carbocycles. The number of ether oxygens (including phenoxy) is 1. The maximum atomic E-state index is 12.8. The molecule has 1 aliphatic heterocycles. The Kier molecular flexibility index (Phi) is 5.29. The van der Waals surface area contributed by atoms with Crippen molar-refractivity contribution in [2.24, 2.45) is 11.3 Å². The van der Waals surface area contributed by atoms with Crippen molar-refractivity contribution in [3.05, 3.63) is 40.3 Å². The van der Waals surface area contributed by atoms with Crippen molar-refractivity contribution in [3.63, 3.8) is 0 Å². The smallest absolute Gasteiger partial charge is 0.265 e. The summed E-state index contributed by atoms with van der Waals surface area (Å²) in [5.74, 6) is 0.564. The number of thiophene rings is 1. The lowest BCUT2D eigenvalue weighted by Crippen LogP contribution is -2.43. The lowest BCUT2D eigenvalue weighted by Gasteiger charge is -2.33. The van der Waals surface area contributed by atoms with Gasteiger partial charge in [-0.2, -0.15) is 5.26 Å². The lowest BCUT2D eigenvalue weighted by molar-refractivity contribution is -0.123. The molecule has 0 radical (unpaired) electrons. The minimum Gasteiger partial charge on any atom is -0.482 e. The van der Waals surface area contributed by atoms with Crippen LogP contribution in [0.15, 0.2) is 24.3 Å². The van der Waals surface area contributed by atoms with E-state index in [0.29, 0.717) is 27.9 Å². The predicted octanol–water partition coefficient (Wildman–Crippen LogP) is 4.13. The number of nitrogens with one attached hydrogen (secondary N) is 1. The molecule has 0 fully saturated rings. The largest absolute Gasteiger partial charge is 0.482 e. The van der Waals surface area contributed by atoms with Gasteiger partial charge in [0, 0.05) is 4.88 Å². The van der Waals surface area contributed by atoms with Gasteiger partial charge in [0.2, 0.25) is 5.91 Å². The van der Waals surface area contributed by atoms with E-state index in [1.54, 1.807) is 18.2 Å². The molecule has 1 aromatic carbocycles. The number of nitriles is 1. The van der Waals surface area contributed by atoms with Gasteiger partial charge in [0.1, 0.15) is 23.4 Å². The molecule has 0 saturated heterocycles. The van der Waals surface area contributed by atoms with Gasteiger partial charge in [0.05, 0.1) is 11.3 Å². The molecule has 6 nitrogen and oxygen atoms in total. The zero-order valence-corrected chi connectivity index (χ0v) is 18.3. The van der Waals surface area contributed by atoms with E-state index in [0.717, 1.165) is 24.8 Å². The van der Waals surface area contributed by atoms with Gasteiger partial charge in [0.25, 0.3) is 5.91 Å². The number of para-hydroxylation sites is 2. The van der Waals surface area contributed by atoms with Crippen molar-refractivity contribution < 1.29 is 14.3 Å². The molecule has 156 valence electrons. The van der Waals surface area contributed by atoms with Gasteiger partial charge in [-0.1, -0.05) is 32.9 Å². The first kappa shape index (κ1) is 20.4. The molecule has 4 rings (SSSR count). The summed E-state index contributed by atoms with van der Waals surface area (Å²) in [4.78, 5) is 27.7. The molecule has 30 heavy (non-hydrogen) atoms. The third-order valence-electron chi connectivity index (χ3n) is 5.96. The first-order valence-corrected chi connectivity index (χ1v) is 11.0. The molecule has 1 atom stereocenters. The van der Waals surface area contributed by atoms with E-state index in [9.17, 15) is 14.9 Å². The zero-order chi connectivity index (χ0) is 21.5. The van der Waals surface area contributed by atoms with Crippen molar-refractivity contribution in [1.29, 1.82) is 5.26 Å². The molecule has 2 amide bonds. The highest BCUT2D eigenvalue weighted by Gasteiger charge is 2.33. The average molecular weight is 424 g/mol. The van der Waals surface area contributed by atoms with Crippen LogP contribution in [0.1, 0.15) is 43.2 Å². The Morgan fingerprint density at radius 2 is 2.13 bits per heavy atom. The van der Waals surface area contributed by atoms with Gasteiger partial charge in [-0.05, 0) is 48.3 Å². The van der Waals surface area contributed by atoms with Crippen LogP contribution >= 0.6 is 11.3 Å². The second kappa shape index (κ2) is 7.77. The summed E-state index contributed by atoms with van der Waals surface area (Å²) in [6.07, 6.45) is 2.85. The highest BCUT2D eigenvalue weighted by Crippen LogP contribution is 2.44. The number of benzene rings is 1. The molecule has 0 saturated carbocycles. The van der Waals surface area contributed by atoms with Gasteiger partial charge < -0.3 is 10.1 Å². The van der Waals surface area contributed by atoms with Crippen LogP contribution in [0.25, 0.3) is 0 Å². The maximum absolute atomic E-state index is 12.8. The van der Waals surface area contributed by atoms with Gasteiger partial charge >= 0.3 is 0 Å². The first-order chi connectivity index (χ1) is 14.3. The Morgan fingerprint density at radius 3 is 2.87 bits per heavy atom. The van der Waals surface area contributed by atoms with Crippen molar-refractivity contribution in [2.75, 3.05) is 23.4 Å². The molecule has 1 N–H and O–H groups in total. The third kappa shape index (κ3) is 3.80. The third-order valence-corrected chi connectivity index (χ3v) is 7.13. The van der Waals surface area contributed by atoms with Crippen LogP contribution in [0.5, 0.6) is 5.75 Å². The van der Waals surface area contributed by atoms with Crippen LogP contribution in [0.4, 0.5) is 10.7 Å². The van der Waals surface area contributed by atoms with E-state index in [1.807, 2.05) is 6.07 Å². The van der Waals surface area contributed by atoms with E-state index >= 15 is 0 Å². The maximum Gasteiger partial charge on any atom is 0.265 e. The van der Waals surface area contributed by atoms with Crippen LogP contribution in [0.2, 0.25) is 0 Å². The molecule has 0 bridgehead atoms. The van der Waals surface area contributed by atoms with E-state index in [2.05, 4.69) is 32.2 Å². The number of carbonyl (C=O) groups excluding carboxylic acids is 2. The van der Waals surface area contributed by atoms with Crippen LogP contribution in [0.3, 0.4) is 0 Å². The van der Waals surface area contributed by atoms with Gasteiger partial charge in [-0.15, -0.1) is 11.3 Å². The summed E-state index contributed by atoms with van der Waals surface area (Å²) in [6.45, 7) is 6.55. The van der Waals surface area contributed by atoms with Crippen LogP contribution in [-0.4, -0.2) is 25.0 Å². The van der Waals surface area contributed by atoms with Gasteiger partial charge in [-0.3, -0.25) is 14.5 Å². The summed E-state index contributed by atoms with van der Waals surface area (Å²) < 4.78 is 5.43. The molecular formula is C23H25N3O3S.